The summed E-state index contributed by atoms with van der Waals surface area (Å²) < 4.78 is 47.9. The van der Waals surface area contributed by atoms with Crippen LogP contribution in [0.15, 0.2) is 59.1 Å². The fourth-order valence-corrected chi connectivity index (χ4v) is 3.37. The number of carbonyl (C=O) groups is 1. The van der Waals surface area contributed by atoms with Gasteiger partial charge in [0.05, 0.1) is 0 Å². The molecule has 10 nitrogen and oxygen atoms in total. The lowest BCUT2D eigenvalue weighted by molar-refractivity contribution is 0.132. The van der Waals surface area contributed by atoms with Crippen LogP contribution in [0.25, 0.3) is 11.4 Å². The predicted octanol–water partition coefficient (Wildman–Crippen LogP) is 2.81. The minimum atomic E-state index is -3.77. The molecule has 0 spiro atoms. The van der Waals surface area contributed by atoms with Gasteiger partial charge in [0.25, 0.3) is 10.2 Å². The predicted molar refractivity (Wildman–Crippen MR) is 117 cm³/mol. The zero-order valence-electron chi connectivity index (χ0n) is 17.6. The van der Waals surface area contributed by atoms with E-state index in [4.69, 9.17) is 14.4 Å². The number of aromatic nitrogens is 2. The number of nitrogens with zero attached hydrogens (tertiary/aromatic N) is 2. The molecule has 3 aromatic rings. The third-order valence-electron chi connectivity index (χ3n) is 4.57. The zero-order valence-corrected chi connectivity index (χ0v) is 18.4. The number of hydrogen-bond donors (Lipinski definition) is 3. The molecule has 1 amide bonds. The smallest absolute Gasteiger partial charge is 0.408 e. The Morgan fingerprint density at radius 1 is 1.12 bits per heavy atom. The first-order chi connectivity index (χ1) is 15.8. The average molecular weight is 478 g/mol. The van der Waals surface area contributed by atoms with Gasteiger partial charge in [0, 0.05) is 12.1 Å². The van der Waals surface area contributed by atoms with Gasteiger partial charge in [-0.25, -0.2) is 19.0 Å². The van der Waals surface area contributed by atoms with Gasteiger partial charge in [-0.1, -0.05) is 35.5 Å². The van der Waals surface area contributed by atoms with Crippen molar-refractivity contribution in [2.75, 3.05) is 6.54 Å². The van der Waals surface area contributed by atoms with E-state index in [1.807, 2.05) is 30.3 Å². The summed E-state index contributed by atoms with van der Waals surface area (Å²) in [7, 11) is -3.77. The first-order valence-corrected chi connectivity index (χ1v) is 11.7. The van der Waals surface area contributed by atoms with E-state index in [0.29, 0.717) is 24.8 Å². The molecule has 1 heterocycles. The Labute approximate surface area is 190 Å². The Morgan fingerprint density at radius 3 is 2.55 bits per heavy atom. The molecule has 0 saturated carbocycles. The van der Waals surface area contributed by atoms with Crippen molar-refractivity contribution >= 4 is 16.3 Å². The molecule has 0 bridgehead atoms. The lowest BCUT2D eigenvalue weighted by Gasteiger charge is -2.15. The van der Waals surface area contributed by atoms with Gasteiger partial charge in [-0.2, -0.15) is 13.4 Å². The summed E-state index contributed by atoms with van der Waals surface area (Å²) in [6.07, 6.45) is 0.679. The van der Waals surface area contributed by atoms with Gasteiger partial charge < -0.3 is 14.6 Å². The third kappa shape index (κ3) is 8.25. The van der Waals surface area contributed by atoms with Crippen molar-refractivity contribution in [3.05, 3.63) is 71.9 Å². The average Bonchev–Trinajstić information content (AvgIpc) is 3.27. The first-order valence-electron chi connectivity index (χ1n) is 10.1. The minimum Gasteiger partial charge on any atom is -0.445 e. The summed E-state index contributed by atoms with van der Waals surface area (Å²) in [4.78, 5) is 16.7. The molecule has 0 saturated heterocycles. The summed E-state index contributed by atoms with van der Waals surface area (Å²) in [5.74, 6) is -0.00740. The molecular weight excluding hydrogens is 453 g/mol. The van der Waals surface area contributed by atoms with E-state index in [0.717, 1.165) is 5.56 Å². The summed E-state index contributed by atoms with van der Waals surface area (Å²) in [6, 6.07) is 14.1. The number of benzene rings is 2. The topological polar surface area (TPSA) is 149 Å². The molecule has 176 valence electrons. The van der Waals surface area contributed by atoms with Crippen LogP contribution in [-0.4, -0.2) is 31.2 Å². The van der Waals surface area contributed by atoms with Crippen molar-refractivity contribution in [3.8, 4) is 11.4 Å². The maximum absolute atomic E-state index is 13.2. The number of rotatable bonds is 11. The summed E-state index contributed by atoms with van der Waals surface area (Å²) >= 11 is 0. The number of nitrogens with two attached hydrogens (primary N) is 1. The van der Waals surface area contributed by atoms with Crippen LogP contribution in [0, 0.1) is 5.82 Å². The molecule has 0 aliphatic heterocycles. The maximum Gasteiger partial charge on any atom is 0.408 e. The van der Waals surface area contributed by atoms with E-state index in [1.54, 1.807) is 0 Å². The number of hydrogen-bond acceptors (Lipinski definition) is 7. The van der Waals surface area contributed by atoms with Crippen LogP contribution in [-0.2, 0) is 21.6 Å². The van der Waals surface area contributed by atoms with Gasteiger partial charge in [0.2, 0.25) is 11.7 Å². The molecule has 33 heavy (non-hydrogen) atoms. The SMILES string of the molecule is NS(=O)(=O)NCCCCC(NC(=O)OCc1ccccc1)c1nc(-c2ccc(F)cc2)no1. The molecule has 0 fully saturated rings. The van der Waals surface area contributed by atoms with Crippen LogP contribution in [0.3, 0.4) is 0 Å². The lowest BCUT2D eigenvalue weighted by Crippen LogP contribution is -2.32. The molecule has 4 N–H and O–H groups in total. The number of alkyl carbamates (subject to hydrolysis) is 1. The molecule has 12 heteroatoms. The standard InChI is InChI=1S/C21H24FN5O5S/c22-17-11-9-16(10-12-17)19-26-20(32-27-19)18(8-4-5-13-24-33(23,29)30)25-21(28)31-14-15-6-2-1-3-7-15/h1-3,6-7,9-12,18,24H,4-5,8,13-14H2,(H,25,28)(H2,23,29,30). The Morgan fingerprint density at radius 2 is 1.85 bits per heavy atom. The fraction of sp³-hybridized carbons (Fsp3) is 0.286. The van der Waals surface area contributed by atoms with Crippen molar-refractivity contribution in [1.82, 2.24) is 20.2 Å². The second kappa shape index (κ2) is 11.5. The van der Waals surface area contributed by atoms with Crippen molar-refractivity contribution in [1.29, 1.82) is 0 Å². The Bertz CT molecular complexity index is 1140. The van der Waals surface area contributed by atoms with E-state index < -0.39 is 28.2 Å². The number of carbonyl (C=O) groups excluding carboxylic acids is 1. The lowest BCUT2D eigenvalue weighted by atomic mass is 10.1. The summed E-state index contributed by atoms with van der Waals surface area (Å²) in [5.41, 5.74) is 1.38. The summed E-state index contributed by atoms with van der Waals surface area (Å²) in [6.45, 7) is 0.233. The highest BCUT2D eigenvalue weighted by molar-refractivity contribution is 7.87. The number of unbranched alkanes of at least 4 members (excludes halogenated alkanes) is 1. The summed E-state index contributed by atoms with van der Waals surface area (Å²) in [5, 5.41) is 11.5. The number of halogens is 1. The van der Waals surface area contributed by atoms with Crippen molar-refractivity contribution in [3.63, 3.8) is 0 Å². The van der Waals surface area contributed by atoms with E-state index in [9.17, 15) is 17.6 Å². The first kappa shape index (κ1) is 24.3. The second-order valence-corrected chi connectivity index (χ2v) is 8.54. The largest absolute Gasteiger partial charge is 0.445 e. The highest BCUT2D eigenvalue weighted by Crippen LogP contribution is 2.22. The van der Waals surface area contributed by atoms with Crippen LogP contribution >= 0.6 is 0 Å². The third-order valence-corrected chi connectivity index (χ3v) is 5.18. The molecular formula is C21H24FN5O5S. The van der Waals surface area contributed by atoms with E-state index in [2.05, 4.69) is 20.2 Å². The highest BCUT2D eigenvalue weighted by Gasteiger charge is 2.22. The minimum absolute atomic E-state index is 0.0857. The van der Waals surface area contributed by atoms with Gasteiger partial charge in [0.15, 0.2) is 0 Å². The molecule has 0 aliphatic rings. The second-order valence-electron chi connectivity index (χ2n) is 7.16. The van der Waals surface area contributed by atoms with Crippen LogP contribution in [0.1, 0.15) is 36.8 Å². The Balaban J connectivity index is 1.64. The van der Waals surface area contributed by atoms with E-state index >= 15 is 0 Å². The van der Waals surface area contributed by atoms with Gasteiger partial charge in [-0.3, -0.25) is 0 Å². The molecule has 0 radical (unpaired) electrons. The quantitative estimate of drug-likeness (QED) is 0.359. The van der Waals surface area contributed by atoms with Crippen LogP contribution in [0.4, 0.5) is 9.18 Å². The molecule has 1 atom stereocenters. The molecule has 1 unspecified atom stereocenters. The molecule has 1 aromatic heterocycles. The van der Waals surface area contributed by atoms with Gasteiger partial charge in [-0.05, 0) is 49.1 Å². The van der Waals surface area contributed by atoms with Gasteiger partial charge in [-0.15, -0.1) is 0 Å². The van der Waals surface area contributed by atoms with Crippen LogP contribution in [0.5, 0.6) is 0 Å². The van der Waals surface area contributed by atoms with E-state index in [1.165, 1.54) is 24.3 Å². The normalized spacial score (nSPS) is 12.3. The number of nitrogens with one attached hydrogen (secondary N) is 2. The number of amides is 1. The molecule has 0 aliphatic carbocycles. The highest BCUT2D eigenvalue weighted by atomic mass is 32.2. The van der Waals surface area contributed by atoms with Crippen LogP contribution in [0.2, 0.25) is 0 Å². The van der Waals surface area contributed by atoms with Gasteiger partial charge in [0.1, 0.15) is 18.5 Å². The van der Waals surface area contributed by atoms with Crippen molar-refractivity contribution in [2.24, 2.45) is 5.14 Å². The van der Waals surface area contributed by atoms with Gasteiger partial charge >= 0.3 is 6.09 Å². The monoisotopic (exact) mass is 477 g/mol. The Kier molecular flexibility index (Phi) is 8.46. The number of ether oxygens (including phenoxy) is 1. The fourth-order valence-electron chi connectivity index (χ4n) is 2.95. The maximum atomic E-state index is 13.2. The molecule has 2 aromatic carbocycles. The van der Waals surface area contributed by atoms with Crippen LogP contribution < -0.4 is 15.2 Å². The zero-order chi connectivity index (χ0) is 23.7. The Hall–Kier alpha value is -3.35. The van der Waals surface area contributed by atoms with E-state index in [-0.39, 0.29) is 24.9 Å². The van der Waals surface area contributed by atoms with Crippen molar-refractivity contribution < 1.29 is 26.9 Å². The van der Waals surface area contributed by atoms with Crippen molar-refractivity contribution in [2.45, 2.75) is 31.9 Å². The molecule has 3 rings (SSSR count).